The number of morpholine rings is 6. The number of ether oxygens (including phenoxy) is 9. The summed E-state index contributed by atoms with van der Waals surface area (Å²) in [6.45, 7) is 41.6. The fraction of sp³-hybridized carbons (Fsp3) is 0.722. The number of anilines is 2. The number of rotatable bonds is 13. The van der Waals surface area contributed by atoms with Gasteiger partial charge in [-0.3, -0.25) is 9.59 Å². The summed E-state index contributed by atoms with van der Waals surface area (Å²) in [6, 6.07) is 9.61. The molecule has 9 heterocycles. The summed E-state index contributed by atoms with van der Waals surface area (Å²) in [5.74, 6) is -1.09. The van der Waals surface area contributed by atoms with Gasteiger partial charge in [0.25, 0.3) is 0 Å². The van der Waals surface area contributed by atoms with Crippen LogP contribution in [0.1, 0.15) is 144 Å². The summed E-state index contributed by atoms with van der Waals surface area (Å²) in [7, 11) is 4.01. The van der Waals surface area contributed by atoms with Crippen molar-refractivity contribution in [2.45, 2.75) is 200 Å². The van der Waals surface area contributed by atoms with E-state index in [2.05, 4.69) is 35.4 Å². The molecule has 0 spiro atoms. The number of hydrogen-bond donors (Lipinski definition) is 7. The van der Waals surface area contributed by atoms with Crippen molar-refractivity contribution in [2.24, 2.45) is 0 Å². The highest BCUT2D eigenvalue weighted by atomic mass is 35.5. The van der Waals surface area contributed by atoms with Crippen molar-refractivity contribution in [1.29, 1.82) is 0 Å². The Bertz CT molecular complexity index is 3100. The van der Waals surface area contributed by atoms with Crippen LogP contribution in [0.4, 0.5) is 25.4 Å². The summed E-state index contributed by atoms with van der Waals surface area (Å²) in [4.78, 5) is 77.5. The molecule has 6 unspecified atom stereocenters. The van der Waals surface area contributed by atoms with E-state index in [9.17, 15) is 53.9 Å². The number of nitrogens with one attached hydrogen (secondary N) is 2. The Morgan fingerprint density at radius 1 is 0.524 bits per heavy atom. The molecule has 2 amide bonds. The predicted octanol–water partition coefficient (Wildman–Crippen LogP) is 7.05. The first-order chi connectivity index (χ1) is 48.6. The van der Waals surface area contributed by atoms with Gasteiger partial charge in [-0.05, 0) is 168 Å². The second kappa shape index (κ2) is 43.1. The van der Waals surface area contributed by atoms with Gasteiger partial charge in [-0.2, -0.15) is 0 Å². The van der Waals surface area contributed by atoms with Gasteiger partial charge in [0.1, 0.15) is 56.4 Å². The van der Waals surface area contributed by atoms with Gasteiger partial charge in [-0.1, -0.05) is 34.8 Å². The van der Waals surface area contributed by atoms with Crippen molar-refractivity contribution in [1.82, 2.24) is 40.3 Å². The number of amides is 2. The van der Waals surface area contributed by atoms with Crippen molar-refractivity contribution in [3.8, 4) is 0 Å². The molecule has 0 aromatic carbocycles. The minimum atomic E-state index is -0.958. The number of hydrogen-bond acceptors (Lipinski definition) is 27. The Morgan fingerprint density at radius 2 is 0.895 bits per heavy atom. The highest BCUT2D eigenvalue weighted by Gasteiger charge is 2.39. The van der Waals surface area contributed by atoms with Crippen LogP contribution in [0.25, 0.3) is 0 Å². The standard InChI is InChI=1S/C15H24ClN3O2.C13H17ClN2O3.C12H21NO5.C12H23NO4.2C7H15NO2.C6H3ClFNO/c1-15(2,20)13-10-19(7-8-21-13)12-5-6-14(16)17-11(12)9-18(3)4;1-13(2,18)11-7-16(5-6-19-11)10-3-4-12(14)15-9(10)8-17;1-5-16-10(14)9-8-13(6-7-17-9)11(15)18-12(2,3)4;1-11(2,3)17-10(14)13-6-7-16-9(8-13)12(4,5)15;2*1-7(2,9)6-5-8-3-4-10-6;7-6-2-1-4(8)5(3-10)9-6/h5-6,13,20H,7-10H2,1-4H3;3-4,8,11,18H,5-7H2,1-2H3;9H,5-8H2,1-4H3;9,15H,6-8H2,1-5H3;2*6,8-9H,3-5H2,1-2H3;1-3H. The Hall–Kier alpha value is -5.36. The van der Waals surface area contributed by atoms with Crippen LogP contribution < -0.4 is 20.4 Å². The quantitative estimate of drug-likeness (QED) is 0.0390. The molecule has 6 aliphatic heterocycles. The minimum absolute atomic E-state index is 0.0544. The van der Waals surface area contributed by atoms with Gasteiger partial charge in [0.15, 0.2) is 24.5 Å². The fourth-order valence-corrected chi connectivity index (χ4v) is 10.7. The van der Waals surface area contributed by atoms with Crippen LogP contribution in [-0.2, 0) is 54.0 Å². The van der Waals surface area contributed by atoms with E-state index in [0.29, 0.717) is 109 Å². The fourth-order valence-electron chi connectivity index (χ4n) is 10.2. The molecule has 29 nitrogen and oxygen atoms in total. The maximum absolute atomic E-state index is 12.4. The molecular weight excluding hydrogens is 1430 g/mol. The summed E-state index contributed by atoms with van der Waals surface area (Å²) in [6.07, 6.45) is -1.49. The molecule has 6 atom stereocenters. The maximum Gasteiger partial charge on any atom is 0.410 e. The SMILES string of the molecule is CC(C)(C)OC(=O)N1CCOC(C(C)(C)O)C1.CC(C)(O)C1CN(c2ccc(Cl)nc2C=O)CCO1.CC(C)(O)C1CNCCO1.CC(C)(O)C1CNCCO1.CCOC(=O)C1CN(C(=O)OC(C)(C)C)CCO1.CN(C)Cc1nc(Cl)ccc1N1CCOC(C(C)(C)O)C1.O=Cc1nc(Cl)ccc1F. The molecular formula is C72H118Cl3FN10O19. The van der Waals surface area contributed by atoms with Crippen LogP contribution in [0.15, 0.2) is 36.4 Å². The maximum atomic E-state index is 12.4. The molecule has 0 aliphatic carbocycles. The van der Waals surface area contributed by atoms with E-state index in [4.69, 9.17) is 77.4 Å². The molecule has 105 heavy (non-hydrogen) atoms. The zero-order valence-corrected chi connectivity index (χ0v) is 67.0. The average molecular weight is 1550 g/mol. The van der Waals surface area contributed by atoms with Gasteiger partial charge in [0, 0.05) is 72.0 Å². The van der Waals surface area contributed by atoms with E-state index in [0.717, 1.165) is 62.4 Å². The molecule has 33 heteroatoms. The van der Waals surface area contributed by atoms with Crippen LogP contribution in [0.3, 0.4) is 0 Å². The molecule has 6 aliphatic rings. The molecule has 6 saturated heterocycles. The molecule has 0 bridgehead atoms. The third kappa shape index (κ3) is 35.7. The molecule has 3 aromatic rings. The number of esters is 1. The summed E-state index contributed by atoms with van der Waals surface area (Å²) < 4.78 is 60.5. The molecule has 9 rings (SSSR count). The summed E-state index contributed by atoms with van der Waals surface area (Å²) >= 11 is 17.2. The summed E-state index contributed by atoms with van der Waals surface area (Å²) in [5.41, 5.74) is -2.45. The lowest BCUT2D eigenvalue weighted by Gasteiger charge is -2.40. The van der Waals surface area contributed by atoms with Gasteiger partial charge in [0.05, 0.1) is 117 Å². The number of carbonyl (C=O) groups excluding carboxylic acids is 5. The Balaban J connectivity index is 0.000000324. The largest absolute Gasteiger partial charge is 0.464 e. The zero-order chi connectivity index (χ0) is 79.5. The number of halogens is 4. The van der Waals surface area contributed by atoms with Gasteiger partial charge in [-0.15, -0.1) is 0 Å². The van der Waals surface area contributed by atoms with Crippen LogP contribution in [0, 0.1) is 5.82 Å². The minimum Gasteiger partial charge on any atom is -0.464 e. The van der Waals surface area contributed by atoms with E-state index in [1.807, 2.05) is 51.9 Å². The Morgan fingerprint density at radius 3 is 1.28 bits per heavy atom. The van der Waals surface area contributed by atoms with Gasteiger partial charge in [-0.25, -0.2) is 33.7 Å². The van der Waals surface area contributed by atoms with Crippen molar-refractivity contribution in [3.05, 3.63) is 74.8 Å². The van der Waals surface area contributed by atoms with Crippen LogP contribution in [0.2, 0.25) is 15.5 Å². The molecule has 6 fully saturated rings. The van der Waals surface area contributed by atoms with E-state index < -0.39 is 63.2 Å². The highest BCUT2D eigenvalue weighted by Crippen LogP contribution is 2.29. The van der Waals surface area contributed by atoms with E-state index in [1.165, 1.54) is 11.0 Å². The monoisotopic (exact) mass is 1550 g/mol. The van der Waals surface area contributed by atoms with Crippen LogP contribution in [0.5, 0.6) is 0 Å². The smallest absolute Gasteiger partial charge is 0.410 e. The normalized spacial score (nSPS) is 21.2. The lowest BCUT2D eigenvalue weighted by atomic mass is 10.00. The lowest BCUT2D eigenvalue weighted by molar-refractivity contribution is -0.161. The number of aldehydes is 2. The molecule has 3 aromatic heterocycles. The molecule has 0 saturated carbocycles. The van der Waals surface area contributed by atoms with Crippen molar-refractivity contribution < 1.29 is 96.5 Å². The van der Waals surface area contributed by atoms with Gasteiger partial charge < -0.3 is 103 Å². The number of pyridine rings is 3. The van der Waals surface area contributed by atoms with Crippen LogP contribution in [-0.4, -0.2) is 301 Å². The average Bonchev–Trinajstić information content (AvgIpc) is 0.820. The molecule has 598 valence electrons. The van der Waals surface area contributed by atoms with E-state index in [1.54, 1.807) is 114 Å². The van der Waals surface area contributed by atoms with Crippen LogP contribution >= 0.6 is 34.8 Å². The van der Waals surface area contributed by atoms with Gasteiger partial charge in [0.2, 0.25) is 0 Å². The second-order valence-electron chi connectivity index (χ2n) is 30.4. The molecule has 7 N–H and O–H groups in total. The number of nitrogens with zero attached hydrogens (tertiary/aromatic N) is 8. The lowest BCUT2D eigenvalue weighted by Crippen LogP contribution is -2.54. The number of carbonyl (C=O) groups is 5. The second-order valence-corrected chi connectivity index (χ2v) is 31.6. The van der Waals surface area contributed by atoms with Gasteiger partial charge >= 0.3 is 18.2 Å². The first-order valence-corrected chi connectivity index (χ1v) is 36.2. The first kappa shape index (κ1) is 93.8. The number of aliphatic hydroxyl groups is 5. The summed E-state index contributed by atoms with van der Waals surface area (Å²) in [5, 5.41) is 56.2. The third-order valence-corrected chi connectivity index (χ3v) is 16.5. The van der Waals surface area contributed by atoms with E-state index >= 15 is 0 Å². The third-order valence-electron chi connectivity index (χ3n) is 15.9. The van der Waals surface area contributed by atoms with Crippen molar-refractivity contribution in [3.63, 3.8) is 0 Å². The first-order valence-electron chi connectivity index (χ1n) is 35.1. The topological polar surface area (TPSA) is 348 Å². The Labute approximate surface area is 634 Å². The van der Waals surface area contributed by atoms with Crippen molar-refractivity contribution in [2.75, 3.05) is 149 Å². The van der Waals surface area contributed by atoms with E-state index in [-0.39, 0.29) is 59.2 Å². The molecule has 0 radical (unpaired) electrons. The highest BCUT2D eigenvalue weighted by molar-refractivity contribution is 6.30. The zero-order valence-electron chi connectivity index (χ0n) is 64.8. The predicted molar refractivity (Wildman–Crippen MR) is 398 cm³/mol. The Kier molecular flexibility index (Phi) is 38.6. The number of aromatic nitrogens is 3. The van der Waals surface area contributed by atoms with Crippen molar-refractivity contribution >= 4 is 76.9 Å².